The van der Waals surface area contributed by atoms with Crippen molar-refractivity contribution in [1.82, 2.24) is 0 Å². The molecule has 1 aromatic carbocycles. The monoisotopic (exact) mass is 208 g/mol. The zero-order valence-electron chi connectivity index (χ0n) is 7.97. The average Bonchev–Trinajstić information content (AvgIpc) is 2.26. The van der Waals surface area contributed by atoms with E-state index in [1.165, 1.54) is 25.3 Å². The summed E-state index contributed by atoms with van der Waals surface area (Å²) in [6, 6.07) is 4.36. The van der Waals surface area contributed by atoms with Gasteiger partial charge in [-0.25, -0.2) is 9.79 Å². The van der Waals surface area contributed by atoms with Gasteiger partial charge in [-0.3, -0.25) is 10.1 Å². The Balaban J connectivity index is 3.14. The van der Waals surface area contributed by atoms with Gasteiger partial charge in [-0.15, -0.1) is 0 Å². The molecule has 0 aliphatic heterocycles. The molecule has 0 saturated heterocycles. The summed E-state index contributed by atoms with van der Waals surface area (Å²) in [5, 5.41) is 10.7. The first kappa shape index (κ1) is 10.9. The molecule has 15 heavy (non-hydrogen) atoms. The van der Waals surface area contributed by atoms with Gasteiger partial charge in [0.1, 0.15) is 5.75 Å². The average molecular weight is 208 g/mol. The van der Waals surface area contributed by atoms with E-state index in [2.05, 4.69) is 4.99 Å². The second-order valence-electron chi connectivity index (χ2n) is 2.66. The van der Waals surface area contributed by atoms with Crippen LogP contribution in [0.1, 0.15) is 5.56 Å². The molecule has 0 atom stereocenters. The van der Waals surface area contributed by atoms with Crippen molar-refractivity contribution in [2.24, 2.45) is 4.99 Å². The van der Waals surface area contributed by atoms with Crippen LogP contribution in [-0.4, -0.2) is 18.1 Å². The summed E-state index contributed by atoms with van der Waals surface area (Å²) in [5.41, 5.74) is 0.234. The number of ether oxygens (including phenoxy) is 1. The Labute approximate surface area is 85.3 Å². The number of rotatable bonds is 4. The number of carbonyl (C=O) groups excluding carboxylic acids is 1. The third-order valence-corrected chi connectivity index (χ3v) is 1.80. The molecule has 1 rings (SSSR count). The van der Waals surface area contributed by atoms with E-state index in [4.69, 9.17) is 4.74 Å². The number of nitrogens with zero attached hydrogens (tertiary/aromatic N) is 2. The maximum absolute atomic E-state index is 10.7. The fourth-order valence-electron chi connectivity index (χ4n) is 1.09. The van der Waals surface area contributed by atoms with Gasteiger partial charge in [0.2, 0.25) is 6.08 Å². The largest absolute Gasteiger partial charge is 0.497 e. The Kier molecular flexibility index (Phi) is 3.54. The minimum atomic E-state index is -0.543. The lowest BCUT2D eigenvalue weighted by atomic mass is 10.2. The second-order valence-corrected chi connectivity index (χ2v) is 2.66. The molecular formula is C9H8N2O4. The van der Waals surface area contributed by atoms with Crippen LogP contribution >= 0.6 is 0 Å². The first-order valence-electron chi connectivity index (χ1n) is 4.04. The SMILES string of the molecule is COc1ccc(CN=C=O)c([N+](=O)[O-])c1. The standard InChI is InChI=1S/C9H8N2O4/c1-15-8-3-2-7(5-10-6-12)9(4-8)11(13)14/h2-4H,5H2,1H3. The van der Waals surface area contributed by atoms with Crippen molar-refractivity contribution in [3.8, 4) is 5.75 Å². The van der Waals surface area contributed by atoms with E-state index in [1.54, 1.807) is 6.07 Å². The van der Waals surface area contributed by atoms with Crippen LogP contribution in [0.2, 0.25) is 0 Å². The predicted octanol–water partition coefficient (Wildman–Crippen LogP) is 1.44. The molecule has 6 heteroatoms. The molecule has 0 heterocycles. The van der Waals surface area contributed by atoms with Crippen LogP contribution in [0, 0.1) is 10.1 Å². The molecule has 0 radical (unpaired) electrons. The molecule has 0 fully saturated rings. The highest BCUT2D eigenvalue weighted by molar-refractivity contribution is 5.46. The molecule has 0 bridgehead atoms. The van der Waals surface area contributed by atoms with Gasteiger partial charge in [0.15, 0.2) is 0 Å². The van der Waals surface area contributed by atoms with Gasteiger partial charge < -0.3 is 4.74 Å². The number of nitro groups is 1. The van der Waals surface area contributed by atoms with Gasteiger partial charge in [0, 0.05) is 0 Å². The normalized spacial score (nSPS) is 9.13. The van der Waals surface area contributed by atoms with E-state index in [9.17, 15) is 14.9 Å². The Morgan fingerprint density at radius 1 is 1.60 bits per heavy atom. The smallest absolute Gasteiger partial charge is 0.278 e. The van der Waals surface area contributed by atoms with Gasteiger partial charge in [0.25, 0.3) is 5.69 Å². The molecule has 0 unspecified atom stereocenters. The van der Waals surface area contributed by atoms with Crippen LogP contribution in [0.5, 0.6) is 5.75 Å². The molecule has 0 amide bonds. The zero-order chi connectivity index (χ0) is 11.3. The predicted molar refractivity (Wildman–Crippen MR) is 51.5 cm³/mol. The van der Waals surface area contributed by atoms with Crippen LogP contribution in [0.4, 0.5) is 5.69 Å². The maximum Gasteiger partial charge on any atom is 0.278 e. The van der Waals surface area contributed by atoms with Crippen LogP contribution in [0.3, 0.4) is 0 Å². The lowest BCUT2D eigenvalue weighted by Crippen LogP contribution is -1.95. The molecule has 0 aromatic heterocycles. The van der Waals surface area contributed by atoms with Crippen LogP contribution < -0.4 is 4.74 Å². The van der Waals surface area contributed by atoms with Crippen LogP contribution in [0.25, 0.3) is 0 Å². The number of isocyanates is 1. The summed E-state index contributed by atoms with van der Waals surface area (Å²) in [5.74, 6) is 0.389. The Bertz CT molecular complexity index is 424. The maximum atomic E-state index is 10.7. The highest BCUT2D eigenvalue weighted by atomic mass is 16.6. The zero-order valence-corrected chi connectivity index (χ0v) is 7.97. The number of methoxy groups -OCH3 is 1. The van der Waals surface area contributed by atoms with E-state index < -0.39 is 4.92 Å². The van der Waals surface area contributed by atoms with Crippen molar-refractivity contribution in [3.63, 3.8) is 0 Å². The van der Waals surface area contributed by atoms with Gasteiger partial charge in [-0.2, -0.15) is 0 Å². The highest BCUT2D eigenvalue weighted by Crippen LogP contribution is 2.24. The Hall–Kier alpha value is -2.20. The number of aliphatic imine (C=N–C) groups is 1. The van der Waals surface area contributed by atoms with Crippen molar-refractivity contribution >= 4 is 11.8 Å². The lowest BCUT2D eigenvalue weighted by Gasteiger charge is -2.02. The van der Waals surface area contributed by atoms with Crippen molar-refractivity contribution in [2.45, 2.75) is 6.54 Å². The van der Waals surface area contributed by atoms with Gasteiger partial charge in [0.05, 0.1) is 30.2 Å². The molecule has 0 N–H and O–H groups in total. The summed E-state index contributed by atoms with van der Waals surface area (Å²) < 4.78 is 4.85. The molecular weight excluding hydrogens is 200 g/mol. The second kappa shape index (κ2) is 4.88. The lowest BCUT2D eigenvalue weighted by molar-refractivity contribution is -0.385. The van der Waals surface area contributed by atoms with Crippen molar-refractivity contribution in [3.05, 3.63) is 33.9 Å². The van der Waals surface area contributed by atoms with E-state index in [1.807, 2.05) is 0 Å². The van der Waals surface area contributed by atoms with Gasteiger partial charge in [-0.1, -0.05) is 0 Å². The Morgan fingerprint density at radius 3 is 2.87 bits per heavy atom. The van der Waals surface area contributed by atoms with E-state index in [0.29, 0.717) is 11.3 Å². The molecule has 1 aromatic rings. The van der Waals surface area contributed by atoms with Crippen LogP contribution in [-0.2, 0) is 11.3 Å². The van der Waals surface area contributed by atoms with E-state index in [-0.39, 0.29) is 12.2 Å². The third-order valence-electron chi connectivity index (χ3n) is 1.80. The summed E-state index contributed by atoms with van der Waals surface area (Å²) in [6.45, 7) is -0.0518. The van der Waals surface area contributed by atoms with Crippen molar-refractivity contribution < 1.29 is 14.5 Å². The molecule has 0 saturated carbocycles. The molecule has 0 spiro atoms. The fraction of sp³-hybridized carbons (Fsp3) is 0.222. The number of nitro benzene ring substituents is 1. The summed E-state index contributed by atoms with van der Waals surface area (Å²) in [6.07, 6.45) is 1.33. The summed E-state index contributed by atoms with van der Waals surface area (Å²) >= 11 is 0. The number of hydrogen-bond acceptors (Lipinski definition) is 5. The minimum absolute atomic E-state index is 0.0518. The van der Waals surface area contributed by atoms with Gasteiger partial charge >= 0.3 is 0 Å². The Morgan fingerprint density at radius 2 is 2.33 bits per heavy atom. The topological polar surface area (TPSA) is 81.8 Å². The highest BCUT2D eigenvalue weighted by Gasteiger charge is 2.14. The minimum Gasteiger partial charge on any atom is -0.497 e. The number of benzene rings is 1. The van der Waals surface area contributed by atoms with E-state index in [0.717, 1.165) is 0 Å². The van der Waals surface area contributed by atoms with E-state index >= 15 is 0 Å². The van der Waals surface area contributed by atoms with Crippen molar-refractivity contribution in [1.29, 1.82) is 0 Å². The fourth-order valence-corrected chi connectivity index (χ4v) is 1.09. The van der Waals surface area contributed by atoms with Crippen LogP contribution in [0.15, 0.2) is 23.2 Å². The first-order chi connectivity index (χ1) is 7.19. The molecule has 0 aliphatic carbocycles. The summed E-state index contributed by atoms with van der Waals surface area (Å²) in [4.78, 5) is 23.3. The number of hydrogen-bond donors (Lipinski definition) is 0. The third kappa shape index (κ3) is 2.62. The van der Waals surface area contributed by atoms with Gasteiger partial charge in [-0.05, 0) is 12.1 Å². The quantitative estimate of drug-likeness (QED) is 0.324. The molecule has 78 valence electrons. The summed E-state index contributed by atoms with van der Waals surface area (Å²) in [7, 11) is 1.42. The molecule has 0 aliphatic rings. The molecule has 6 nitrogen and oxygen atoms in total. The van der Waals surface area contributed by atoms with Crippen molar-refractivity contribution in [2.75, 3.05) is 7.11 Å². The first-order valence-corrected chi connectivity index (χ1v) is 4.04.